The summed E-state index contributed by atoms with van der Waals surface area (Å²) in [5, 5.41) is 0. The van der Waals surface area contributed by atoms with Crippen LogP contribution in [0.3, 0.4) is 0 Å². The first-order chi connectivity index (χ1) is 9.79. The van der Waals surface area contributed by atoms with Crippen LogP contribution in [0.15, 0.2) is 54.6 Å². The molecule has 2 aromatic carbocycles. The second kappa shape index (κ2) is 7.71. The zero-order chi connectivity index (χ0) is 14.2. The number of aryl methyl sites for hydroxylation is 1. The van der Waals surface area contributed by atoms with Crippen LogP contribution in [0.1, 0.15) is 29.9 Å². The Morgan fingerprint density at radius 2 is 1.85 bits per heavy atom. The molecule has 2 heteroatoms. The molecule has 0 bridgehead atoms. The van der Waals surface area contributed by atoms with Crippen molar-refractivity contribution in [3.8, 4) is 5.75 Å². The molecule has 2 rings (SSSR count). The molecular weight excluding hydrogens is 246 g/mol. The summed E-state index contributed by atoms with van der Waals surface area (Å²) in [6.45, 7) is 3.55. The first kappa shape index (κ1) is 14.6. The Bertz CT molecular complexity index is 510. The molecule has 0 amide bonds. The van der Waals surface area contributed by atoms with Gasteiger partial charge in [-0.2, -0.15) is 0 Å². The van der Waals surface area contributed by atoms with E-state index in [1.807, 2.05) is 30.3 Å². The lowest BCUT2D eigenvalue weighted by Gasteiger charge is -2.16. The largest absolute Gasteiger partial charge is 0.494 e. The van der Waals surface area contributed by atoms with Crippen molar-refractivity contribution in [1.29, 1.82) is 0 Å². The Kier molecular flexibility index (Phi) is 5.63. The van der Waals surface area contributed by atoms with E-state index >= 15 is 0 Å². The highest BCUT2D eigenvalue weighted by molar-refractivity contribution is 5.25. The molecule has 106 valence electrons. The van der Waals surface area contributed by atoms with Crippen LogP contribution in [0.4, 0.5) is 0 Å². The predicted molar refractivity (Wildman–Crippen MR) is 84.1 cm³/mol. The van der Waals surface area contributed by atoms with Crippen molar-refractivity contribution in [2.24, 2.45) is 5.73 Å². The van der Waals surface area contributed by atoms with Gasteiger partial charge in [0.25, 0.3) is 0 Å². The second-order valence-electron chi connectivity index (χ2n) is 5.15. The molecule has 2 aromatic rings. The van der Waals surface area contributed by atoms with E-state index in [4.69, 9.17) is 10.5 Å². The van der Waals surface area contributed by atoms with Crippen LogP contribution >= 0.6 is 0 Å². The summed E-state index contributed by atoms with van der Waals surface area (Å²) in [7, 11) is 0. The molecule has 1 unspecified atom stereocenters. The second-order valence-corrected chi connectivity index (χ2v) is 5.15. The van der Waals surface area contributed by atoms with Crippen molar-refractivity contribution in [1.82, 2.24) is 0 Å². The first-order valence-corrected chi connectivity index (χ1v) is 7.24. The summed E-state index contributed by atoms with van der Waals surface area (Å²) in [6, 6.07) is 18.6. The van der Waals surface area contributed by atoms with E-state index in [-0.39, 0.29) is 0 Å². The van der Waals surface area contributed by atoms with E-state index in [1.54, 1.807) is 0 Å². The fraction of sp³-hybridized carbons (Fsp3) is 0.333. The maximum Gasteiger partial charge on any atom is 0.119 e. The third-order valence-electron chi connectivity index (χ3n) is 3.51. The summed E-state index contributed by atoms with van der Waals surface area (Å²) >= 11 is 0. The van der Waals surface area contributed by atoms with Crippen LogP contribution in [0, 0.1) is 6.92 Å². The lowest BCUT2D eigenvalue weighted by Crippen LogP contribution is -2.13. The van der Waals surface area contributed by atoms with E-state index in [0.717, 1.165) is 25.2 Å². The molecule has 2 N–H and O–H groups in total. The van der Waals surface area contributed by atoms with Crippen LogP contribution in [0.2, 0.25) is 0 Å². The number of benzene rings is 2. The highest BCUT2D eigenvalue weighted by Gasteiger charge is 2.09. The van der Waals surface area contributed by atoms with Crippen molar-refractivity contribution >= 4 is 0 Å². The molecule has 0 saturated carbocycles. The summed E-state index contributed by atoms with van der Waals surface area (Å²) in [4.78, 5) is 0. The van der Waals surface area contributed by atoms with Gasteiger partial charge in [0.1, 0.15) is 5.75 Å². The van der Waals surface area contributed by atoms with Crippen LogP contribution in [0.25, 0.3) is 0 Å². The molecule has 1 atom stereocenters. The first-order valence-electron chi connectivity index (χ1n) is 7.24. The maximum absolute atomic E-state index is 5.91. The summed E-state index contributed by atoms with van der Waals surface area (Å²) < 4.78 is 5.72. The van der Waals surface area contributed by atoms with Gasteiger partial charge in [0.2, 0.25) is 0 Å². The Balaban J connectivity index is 1.80. The van der Waals surface area contributed by atoms with Crippen LogP contribution in [0.5, 0.6) is 5.75 Å². The van der Waals surface area contributed by atoms with E-state index in [0.29, 0.717) is 12.5 Å². The standard InChI is InChI=1S/C18H23NO/c1-15-7-5-8-16(13-15)17(14-19)9-6-12-20-18-10-3-2-4-11-18/h2-5,7-8,10-11,13,17H,6,9,12,14,19H2,1H3. The maximum atomic E-state index is 5.91. The molecule has 0 aliphatic rings. The third kappa shape index (κ3) is 4.39. The van der Waals surface area contributed by atoms with Gasteiger partial charge in [0.15, 0.2) is 0 Å². The van der Waals surface area contributed by atoms with Gasteiger partial charge < -0.3 is 10.5 Å². The Morgan fingerprint density at radius 1 is 1.05 bits per heavy atom. The van der Waals surface area contributed by atoms with Gasteiger partial charge in [-0.1, -0.05) is 48.0 Å². The quantitative estimate of drug-likeness (QED) is 0.774. The van der Waals surface area contributed by atoms with E-state index in [9.17, 15) is 0 Å². The minimum absolute atomic E-state index is 0.425. The smallest absolute Gasteiger partial charge is 0.119 e. The van der Waals surface area contributed by atoms with Crippen molar-refractivity contribution < 1.29 is 4.74 Å². The zero-order valence-corrected chi connectivity index (χ0v) is 12.1. The summed E-state index contributed by atoms with van der Waals surface area (Å²) in [5.74, 6) is 1.36. The number of hydrogen-bond acceptors (Lipinski definition) is 2. The minimum atomic E-state index is 0.425. The molecule has 0 aliphatic heterocycles. The van der Waals surface area contributed by atoms with E-state index in [2.05, 4.69) is 31.2 Å². The van der Waals surface area contributed by atoms with Crippen molar-refractivity contribution in [3.63, 3.8) is 0 Å². The Morgan fingerprint density at radius 3 is 2.55 bits per heavy atom. The normalized spacial score (nSPS) is 12.1. The van der Waals surface area contributed by atoms with Crippen molar-refractivity contribution in [3.05, 3.63) is 65.7 Å². The lowest BCUT2D eigenvalue weighted by molar-refractivity contribution is 0.302. The number of para-hydroxylation sites is 1. The summed E-state index contributed by atoms with van der Waals surface area (Å²) in [5.41, 5.74) is 8.54. The summed E-state index contributed by atoms with van der Waals surface area (Å²) in [6.07, 6.45) is 2.08. The molecule has 0 aromatic heterocycles. The average molecular weight is 269 g/mol. The monoisotopic (exact) mass is 269 g/mol. The fourth-order valence-corrected chi connectivity index (χ4v) is 2.38. The van der Waals surface area contributed by atoms with E-state index < -0.39 is 0 Å². The van der Waals surface area contributed by atoms with Gasteiger partial charge in [0, 0.05) is 0 Å². The molecule has 0 spiro atoms. The highest BCUT2D eigenvalue weighted by Crippen LogP contribution is 2.21. The molecule has 0 saturated heterocycles. The van der Waals surface area contributed by atoms with Crippen LogP contribution in [-0.2, 0) is 0 Å². The average Bonchev–Trinajstić information content (AvgIpc) is 2.48. The Labute approximate surface area is 121 Å². The van der Waals surface area contributed by atoms with Crippen LogP contribution in [-0.4, -0.2) is 13.2 Å². The zero-order valence-electron chi connectivity index (χ0n) is 12.1. The van der Waals surface area contributed by atoms with Gasteiger partial charge in [-0.25, -0.2) is 0 Å². The van der Waals surface area contributed by atoms with Crippen LogP contribution < -0.4 is 10.5 Å². The predicted octanol–water partition coefficient (Wildman–Crippen LogP) is 3.90. The SMILES string of the molecule is Cc1cccc(C(CN)CCCOc2ccccc2)c1. The highest BCUT2D eigenvalue weighted by atomic mass is 16.5. The topological polar surface area (TPSA) is 35.2 Å². The number of ether oxygens (including phenoxy) is 1. The number of nitrogens with two attached hydrogens (primary N) is 1. The fourth-order valence-electron chi connectivity index (χ4n) is 2.38. The molecule has 20 heavy (non-hydrogen) atoms. The minimum Gasteiger partial charge on any atom is -0.494 e. The van der Waals surface area contributed by atoms with Gasteiger partial charge in [-0.3, -0.25) is 0 Å². The van der Waals surface area contributed by atoms with Crippen molar-refractivity contribution in [2.45, 2.75) is 25.7 Å². The van der Waals surface area contributed by atoms with Gasteiger partial charge in [0.05, 0.1) is 6.61 Å². The molecule has 2 nitrogen and oxygen atoms in total. The molecule has 0 aliphatic carbocycles. The molecule has 0 fully saturated rings. The van der Waals surface area contributed by atoms with Crippen molar-refractivity contribution in [2.75, 3.05) is 13.2 Å². The van der Waals surface area contributed by atoms with Gasteiger partial charge in [-0.15, -0.1) is 0 Å². The van der Waals surface area contributed by atoms with Gasteiger partial charge in [-0.05, 0) is 49.9 Å². The molecular formula is C18H23NO. The Hall–Kier alpha value is -1.80. The van der Waals surface area contributed by atoms with E-state index in [1.165, 1.54) is 11.1 Å². The molecule has 0 radical (unpaired) electrons. The molecule has 0 heterocycles. The van der Waals surface area contributed by atoms with Gasteiger partial charge >= 0.3 is 0 Å². The number of rotatable bonds is 7. The third-order valence-corrected chi connectivity index (χ3v) is 3.51. The lowest BCUT2D eigenvalue weighted by atomic mass is 9.93. The number of hydrogen-bond donors (Lipinski definition) is 1.